The number of nitrogens with one attached hydrogen (secondary N) is 1. The van der Waals surface area contributed by atoms with Gasteiger partial charge in [-0.15, -0.1) is 11.3 Å². The fourth-order valence-corrected chi connectivity index (χ4v) is 8.01. The van der Waals surface area contributed by atoms with Gasteiger partial charge < -0.3 is 24.6 Å². The number of benzene rings is 2. The van der Waals surface area contributed by atoms with Gasteiger partial charge in [-0.3, -0.25) is 4.79 Å². The minimum Gasteiger partial charge on any atom is -0.497 e. The topological polar surface area (TPSA) is 114 Å². The Kier molecular flexibility index (Phi) is 10.2. The fourth-order valence-electron chi connectivity index (χ4n) is 5.57. The van der Waals surface area contributed by atoms with Crippen LogP contribution in [-0.4, -0.2) is 69.5 Å². The third-order valence-electron chi connectivity index (χ3n) is 7.82. The van der Waals surface area contributed by atoms with Crippen molar-refractivity contribution < 1.29 is 32.5 Å². The Morgan fingerprint density at radius 3 is 2.60 bits per heavy atom. The zero-order chi connectivity index (χ0) is 29.5. The van der Waals surface area contributed by atoms with Crippen molar-refractivity contribution in [1.29, 1.82) is 0 Å². The van der Waals surface area contributed by atoms with Crippen LogP contribution in [0.15, 0.2) is 70.6 Å². The lowest BCUT2D eigenvalue weighted by atomic mass is 9.92. The van der Waals surface area contributed by atoms with Crippen LogP contribution in [0.25, 0.3) is 10.1 Å². The standard InChI is InChI=1S/C31H38N2O7S2/c1-38-24-11-13-25(14-12-24)42(36,37)33(15-17-34)16-18-39-30-20-22(27-21-41-29-10-6-5-9-26(27)29)19-28(40-30)31(35)32-23-7-3-2-4-8-23/h5-6,9-14,19,21-23,30,34H,2-4,7-8,15-18,20H2,1H3,(H,32,35)/t22-,30+/m1/s1. The normalized spacial score (nSPS) is 19.8. The van der Waals surface area contributed by atoms with E-state index >= 15 is 0 Å². The summed E-state index contributed by atoms with van der Waals surface area (Å²) >= 11 is 1.66. The van der Waals surface area contributed by atoms with Crippen molar-refractivity contribution in [1.82, 2.24) is 9.62 Å². The first-order valence-electron chi connectivity index (χ1n) is 14.4. The zero-order valence-corrected chi connectivity index (χ0v) is 25.4. The molecular weight excluding hydrogens is 576 g/mol. The van der Waals surface area contributed by atoms with E-state index in [0.717, 1.165) is 36.6 Å². The number of nitrogens with zero attached hydrogens (tertiary/aromatic N) is 1. The van der Waals surface area contributed by atoms with E-state index in [4.69, 9.17) is 14.2 Å². The molecule has 1 amide bonds. The molecule has 42 heavy (non-hydrogen) atoms. The third kappa shape index (κ3) is 7.15. The first kappa shape index (κ1) is 30.5. The summed E-state index contributed by atoms with van der Waals surface area (Å²) in [6, 6.07) is 14.4. The van der Waals surface area contributed by atoms with Gasteiger partial charge in [-0.25, -0.2) is 8.42 Å². The number of hydrogen-bond acceptors (Lipinski definition) is 8. The summed E-state index contributed by atoms with van der Waals surface area (Å²) in [6.07, 6.45) is 6.93. The van der Waals surface area contributed by atoms with Crippen LogP contribution in [0.1, 0.15) is 50.0 Å². The molecule has 1 saturated carbocycles. The molecular formula is C31H38N2O7S2. The highest BCUT2D eigenvalue weighted by atomic mass is 32.2. The Balaban J connectivity index is 1.30. The van der Waals surface area contributed by atoms with Crippen molar-refractivity contribution in [3.05, 3.63) is 71.3 Å². The predicted octanol–water partition coefficient (Wildman–Crippen LogP) is 4.77. The molecule has 2 aliphatic rings. The molecule has 0 radical (unpaired) electrons. The molecule has 3 aromatic rings. The Hall–Kier alpha value is -2.96. The molecule has 9 nitrogen and oxygen atoms in total. The van der Waals surface area contributed by atoms with Gasteiger partial charge in [0.05, 0.1) is 25.2 Å². The average molecular weight is 615 g/mol. The number of hydrogen-bond donors (Lipinski definition) is 2. The number of amides is 1. The van der Waals surface area contributed by atoms with Crippen LogP contribution >= 0.6 is 11.3 Å². The average Bonchev–Trinajstić information content (AvgIpc) is 3.45. The Morgan fingerprint density at radius 1 is 1.10 bits per heavy atom. The van der Waals surface area contributed by atoms with Gasteiger partial charge >= 0.3 is 0 Å². The molecule has 1 aliphatic carbocycles. The van der Waals surface area contributed by atoms with Gasteiger partial charge in [0.1, 0.15) is 5.75 Å². The molecule has 1 fully saturated rings. The molecule has 2 N–H and O–H groups in total. The molecule has 11 heteroatoms. The Labute approximate surface area is 251 Å². The molecule has 2 aromatic carbocycles. The number of rotatable bonds is 12. The van der Waals surface area contributed by atoms with Gasteiger partial charge in [0.25, 0.3) is 5.91 Å². The molecule has 0 unspecified atom stereocenters. The van der Waals surface area contributed by atoms with Crippen LogP contribution in [0.4, 0.5) is 0 Å². The van der Waals surface area contributed by atoms with Crippen molar-refractivity contribution >= 4 is 37.4 Å². The van der Waals surface area contributed by atoms with Gasteiger partial charge in [-0.1, -0.05) is 37.5 Å². The minimum absolute atomic E-state index is 0.00808. The van der Waals surface area contributed by atoms with E-state index in [9.17, 15) is 18.3 Å². The van der Waals surface area contributed by atoms with Gasteiger partial charge in [-0.05, 0) is 65.6 Å². The number of carbonyl (C=O) groups is 1. The van der Waals surface area contributed by atoms with E-state index in [0.29, 0.717) is 12.2 Å². The van der Waals surface area contributed by atoms with Gasteiger partial charge in [0.2, 0.25) is 16.3 Å². The monoisotopic (exact) mass is 614 g/mol. The van der Waals surface area contributed by atoms with Crippen LogP contribution in [0.5, 0.6) is 5.75 Å². The maximum atomic E-state index is 13.3. The van der Waals surface area contributed by atoms with Crippen molar-refractivity contribution in [2.75, 3.05) is 33.4 Å². The SMILES string of the molecule is COc1ccc(S(=O)(=O)N(CCO)CCO[C@@H]2C[C@H](c3csc4ccccc34)C=C(C(=O)NC3CCCCC3)O2)cc1. The van der Waals surface area contributed by atoms with E-state index in [1.807, 2.05) is 18.2 Å². The lowest BCUT2D eigenvalue weighted by Crippen LogP contribution is -2.40. The smallest absolute Gasteiger partial charge is 0.286 e. The molecule has 0 spiro atoms. The molecule has 2 atom stereocenters. The molecule has 5 rings (SSSR count). The third-order valence-corrected chi connectivity index (χ3v) is 10.7. The fraction of sp³-hybridized carbons (Fsp3) is 0.452. The first-order chi connectivity index (χ1) is 20.4. The van der Waals surface area contributed by atoms with Gasteiger partial charge in [0, 0.05) is 36.2 Å². The van der Waals surface area contributed by atoms with E-state index in [1.54, 1.807) is 23.5 Å². The lowest BCUT2D eigenvalue weighted by molar-refractivity contribution is -0.147. The summed E-state index contributed by atoms with van der Waals surface area (Å²) in [4.78, 5) is 13.4. The van der Waals surface area contributed by atoms with Crippen LogP contribution in [0.2, 0.25) is 0 Å². The molecule has 1 aromatic heterocycles. The van der Waals surface area contributed by atoms with Crippen LogP contribution in [0.3, 0.4) is 0 Å². The number of aliphatic hydroxyl groups excluding tert-OH is 1. The van der Waals surface area contributed by atoms with E-state index < -0.39 is 16.3 Å². The summed E-state index contributed by atoms with van der Waals surface area (Å²) in [5.41, 5.74) is 1.11. The van der Waals surface area contributed by atoms with Crippen LogP contribution in [0, 0.1) is 0 Å². The van der Waals surface area contributed by atoms with Gasteiger partial charge in [0.15, 0.2) is 5.76 Å². The molecule has 0 bridgehead atoms. The van der Waals surface area contributed by atoms with E-state index in [1.165, 1.54) is 34.7 Å². The van der Waals surface area contributed by atoms with E-state index in [2.05, 4.69) is 22.8 Å². The van der Waals surface area contributed by atoms with Gasteiger partial charge in [-0.2, -0.15) is 4.31 Å². The Morgan fingerprint density at radius 2 is 1.86 bits per heavy atom. The number of methoxy groups -OCH3 is 1. The predicted molar refractivity (Wildman–Crippen MR) is 162 cm³/mol. The first-order valence-corrected chi connectivity index (χ1v) is 16.7. The van der Waals surface area contributed by atoms with Crippen molar-refractivity contribution in [2.24, 2.45) is 0 Å². The lowest BCUT2D eigenvalue weighted by Gasteiger charge is -2.31. The molecule has 226 valence electrons. The number of fused-ring (bicyclic) bond motifs is 1. The maximum absolute atomic E-state index is 13.3. The molecule has 0 saturated heterocycles. The number of sulfonamides is 1. The maximum Gasteiger partial charge on any atom is 0.286 e. The summed E-state index contributed by atoms with van der Waals surface area (Å²) in [6.45, 7) is -0.388. The number of carbonyl (C=O) groups excluding carboxylic acids is 1. The quantitative estimate of drug-likeness (QED) is 0.302. The van der Waals surface area contributed by atoms with Crippen molar-refractivity contribution in [3.63, 3.8) is 0 Å². The highest BCUT2D eigenvalue weighted by Crippen LogP contribution is 2.38. The van der Waals surface area contributed by atoms with E-state index in [-0.39, 0.29) is 54.8 Å². The summed E-state index contributed by atoms with van der Waals surface area (Å²) in [7, 11) is -2.37. The second-order valence-electron chi connectivity index (χ2n) is 10.6. The number of aliphatic hydroxyl groups is 1. The number of thiophene rings is 1. The second kappa shape index (κ2) is 14.0. The second-order valence-corrected chi connectivity index (χ2v) is 13.4. The molecule has 1 aliphatic heterocycles. The van der Waals surface area contributed by atoms with Crippen molar-refractivity contribution in [2.45, 2.75) is 61.7 Å². The summed E-state index contributed by atoms with van der Waals surface area (Å²) in [5, 5.41) is 16.0. The summed E-state index contributed by atoms with van der Waals surface area (Å²) in [5.74, 6) is 0.423. The summed E-state index contributed by atoms with van der Waals surface area (Å²) < 4.78 is 46.2. The zero-order valence-electron chi connectivity index (χ0n) is 23.7. The highest BCUT2D eigenvalue weighted by Gasteiger charge is 2.32. The molecule has 2 heterocycles. The van der Waals surface area contributed by atoms with Crippen LogP contribution < -0.4 is 10.1 Å². The highest BCUT2D eigenvalue weighted by molar-refractivity contribution is 7.89. The largest absolute Gasteiger partial charge is 0.497 e. The Bertz CT molecular complexity index is 1480. The van der Waals surface area contributed by atoms with Crippen molar-refractivity contribution in [3.8, 4) is 5.75 Å². The number of allylic oxidation sites excluding steroid dienone is 1. The van der Waals surface area contributed by atoms with Crippen LogP contribution in [-0.2, 0) is 24.3 Å². The minimum atomic E-state index is -3.88. The number of ether oxygens (including phenoxy) is 3.